The molecule has 1 heterocycles. The Morgan fingerprint density at radius 1 is 1.50 bits per heavy atom. The summed E-state index contributed by atoms with van der Waals surface area (Å²) in [5.41, 5.74) is 1.38. The van der Waals surface area contributed by atoms with Gasteiger partial charge in [0.25, 0.3) is 0 Å². The van der Waals surface area contributed by atoms with Crippen LogP contribution in [-0.2, 0) is 6.42 Å². The second-order valence-corrected chi connectivity index (χ2v) is 3.78. The Morgan fingerprint density at radius 2 is 2.31 bits per heavy atom. The zero-order valence-electron chi connectivity index (χ0n) is 8.81. The minimum absolute atomic E-state index is 0.595. The summed E-state index contributed by atoms with van der Waals surface area (Å²) in [5.74, 6) is 0.916. The fourth-order valence-corrected chi connectivity index (χ4v) is 1.78. The van der Waals surface area contributed by atoms with E-state index < -0.39 is 0 Å². The van der Waals surface area contributed by atoms with Crippen LogP contribution in [0, 0.1) is 11.3 Å². The van der Waals surface area contributed by atoms with Gasteiger partial charge in [-0.05, 0) is 18.2 Å². The van der Waals surface area contributed by atoms with Crippen molar-refractivity contribution in [2.45, 2.75) is 13.3 Å². The molecule has 0 saturated heterocycles. The van der Waals surface area contributed by atoms with Gasteiger partial charge >= 0.3 is 0 Å². The van der Waals surface area contributed by atoms with Crippen molar-refractivity contribution in [3.63, 3.8) is 0 Å². The number of nitrogens with zero attached hydrogens (tertiary/aromatic N) is 3. The van der Waals surface area contributed by atoms with Crippen LogP contribution in [-0.4, -0.2) is 9.55 Å². The normalized spacial score (nSPS) is 10.1. The summed E-state index contributed by atoms with van der Waals surface area (Å²) in [5, 5.41) is 9.66. The van der Waals surface area contributed by atoms with Crippen LogP contribution in [0.25, 0.3) is 5.69 Å². The Morgan fingerprint density at radius 3 is 3.00 bits per heavy atom. The molecule has 0 saturated carbocycles. The first-order valence-electron chi connectivity index (χ1n) is 4.98. The van der Waals surface area contributed by atoms with Crippen LogP contribution in [0.4, 0.5) is 0 Å². The predicted molar refractivity (Wildman–Crippen MR) is 62.7 cm³/mol. The molecule has 0 fully saturated rings. The molecule has 0 spiro atoms. The Bertz CT molecular complexity index is 552. The van der Waals surface area contributed by atoms with Crippen LogP contribution in [0.1, 0.15) is 18.3 Å². The van der Waals surface area contributed by atoms with E-state index >= 15 is 0 Å². The quantitative estimate of drug-likeness (QED) is 0.798. The average molecular weight is 232 g/mol. The molecular formula is C12H10ClN3. The van der Waals surface area contributed by atoms with E-state index in [4.69, 9.17) is 16.9 Å². The summed E-state index contributed by atoms with van der Waals surface area (Å²) in [6.45, 7) is 2.02. The Labute approximate surface area is 98.9 Å². The van der Waals surface area contributed by atoms with E-state index in [2.05, 4.69) is 11.1 Å². The van der Waals surface area contributed by atoms with Crippen LogP contribution in [0.3, 0.4) is 0 Å². The maximum Gasteiger partial charge on any atom is 0.112 e. The summed E-state index contributed by atoms with van der Waals surface area (Å²) < 4.78 is 1.89. The van der Waals surface area contributed by atoms with Gasteiger partial charge in [-0.3, -0.25) is 0 Å². The minimum Gasteiger partial charge on any atom is -0.302 e. The van der Waals surface area contributed by atoms with Gasteiger partial charge in [0, 0.05) is 23.8 Å². The first kappa shape index (κ1) is 10.7. The molecule has 1 aromatic heterocycles. The van der Waals surface area contributed by atoms with E-state index in [0.29, 0.717) is 10.6 Å². The van der Waals surface area contributed by atoms with Crippen LogP contribution in [0.5, 0.6) is 0 Å². The van der Waals surface area contributed by atoms with E-state index in [-0.39, 0.29) is 0 Å². The van der Waals surface area contributed by atoms with Crippen molar-refractivity contribution in [2.75, 3.05) is 0 Å². The van der Waals surface area contributed by atoms with Gasteiger partial charge in [0.2, 0.25) is 0 Å². The van der Waals surface area contributed by atoms with Crippen molar-refractivity contribution in [1.82, 2.24) is 9.55 Å². The van der Waals surface area contributed by atoms with Crippen molar-refractivity contribution in [3.8, 4) is 11.8 Å². The number of imidazole rings is 1. The van der Waals surface area contributed by atoms with Crippen molar-refractivity contribution >= 4 is 11.6 Å². The summed E-state index contributed by atoms with van der Waals surface area (Å²) in [4.78, 5) is 4.23. The van der Waals surface area contributed by atoms with Gasteiger partial charge in [0.1, 0.15) is 11.9 Å². The summed E-state index contributed by atoms with van der Waals surface area (Å²) in [7, 11) is 0. The highest BCUT2D eigenvalue weighted by atomic mass is 35.5. The lowest BCUT2D eigenvalue weighted by atomic mass is 10.2. The van der Waals surface area contributed by atoms with Crippen LogP contribution < -0.4 is 0 Å². The predicted octanol–water partition coefficient (Wildman–Crippen LogP) is 2.96. The molecule has 0 aliphatic heterocycles. The van der Waals surface area contributed by atoms with Crippen LogP contribution >= 0.6 is 11.6 Å². The minimum atomic E-state index is 0.595. The van der Waals surface area contributed by atoms with Crippen molar-refractivity contribution < 1.29 is 0 Å². The lowest BCUT2D eigenvalue weighted by Crippen LogP contribution is -2.01. The van der Waals surface area contributed by atoms with Gasteiger partial charge in [-0.2, -0.15) is 5.26 Å². The molecule has 0 aliphatic rings. The number of halogens is 1. The molecule has 16 heavy (non-hydrogen) atoms. The van der Waals surface area contributed by atoms with E-state index in [0.717, 1.165) is 17.9 Å². The lowest BCUT2D eigenvalue weighted by Gasteiger charge is -2.08. The zero-order chi connectivity index (χ0) is 11.5. The van der Waals surface area contributed by atoms with Crippen LogP contribution in [0.15, 0.2) is 30.6 Å². The first-order chi connectivity index (χ1) is 7.76. The Hall–Kier alpha value is -1.79. The highest BCUT2D eigenvalue weighted by molar-refractivity contribution is 6.30. The maximum atomic E-state index is 9.04. The molecular weight excluding hydrogens is 222 g/mol. The number of hydrogen-bond donors (Lipinski definition) is 0. The molecule has 4 heteroatoms. The monoisotopic (exact) mass is 231 g/mol. The summed E-state index contributed by atoms with van der Waals surface area (Å²) in [6, 6.07) is 7.37. The lowest BCUT2D eigenvalue weighted by molar-refractivity contribution is 0.889. The molecule has 0 unspecified atom stereocenters. The average Bonchev–Trinajstić information content (AvgIpc) is 2.76. The van der Waals surface area contributed by atoms with Gasteiger partial charge in [0.05, 0.1) is 11.3 Å². The van der Waals surface area contributed by atoms with Gasteiger partial charge in [0.15, 0.2) is 0 Å². The van der Waals surface area contributed by atoms with E-state index in [1.165, 1.54) is 0 Å². The maximum absolute atomic E-state index is 9.04. The summed E-state index contributed by atoms with van der Waals surface area (Å²) in [6.07, 6.45) is 4.37. The van der Waals surface area contributed by atoms with E-state index in [1.54, 1.807) is 24.4 Å². The van der Waals surface area contributed by atoms with Gasteiger partial charge in [-0.25, -0.2) is 4.98 Å². The number of nitriles is 1. The van der Waals surface area contributed by atoms with Crippen molar-refractivity contribution in [3.05, 3.63) is 47.0 Å². The first-order valence-corrected chi connectivity index (χ1v) is 5.36. The molecule has 0 bridgehead atoms. The number of hydrogen-bond acceptors (Lipinski definition) is 2. The SMILES string of the molecule is CCc1nccn1-c1cc(Cl)ccc1C#N. The van der Waals surface area contributed by atoms with E-state index in [9.17, 15) is 0 Å². The van der Waals surface area contributed by atoms with Crippen LogP contribution in [0.2, 0.25) is 5.02 Å². The summed E-state index contributed by atoms with van der Waals surface area (Å²) >= 11 is 5.94. The second-order valence-electron chi connectivity index (χ2n) is 3.34. The molecule has 80 valence electrons. The fourth-order valence-electron chi connectivity index (χ4n) is 1.61. The Balaban J connectivity index is 2.64. The van der Waals surface area contributed by atoms with E-state index in [1.807, 2.05) is 17.7 Å². The fraction of sp³-hybridized carbons (Fsp3) is 0.167. The highest BCUT2D eigenvalue weighted by Gasteiger charge is 2.08. The number of aryl methyl sites for hydroxylation is 1. The Kier molecular flexibility index (Phi) is 2.93. The molecule has 0 radical (unpaired) electrons. The van der Waals surface area contributed by atoms with Gasteiger partial charge < -0.3 is 4.57 Å². The third-order valence-electron chi connectivity index (χ3n) is 2.37. The number of aromatic nitrogens is 2. The zero-order valence-corrected chi connectivity index (χ0v) is 9.57. The molecule has 1 aromatic carbocycles. The smallest absolute Gasteiger partial charge is 0.112 e. The standard InChI is InChI=1S/C12H10ClN3/c1-2-12-15-5-6-16(12)11-7-10(13)4-3-9(11)8-14/h3-7H,2H2,1H3. The largest absolute Gasteiger partial charge is 0.302 e. The molecule has 2 aromatic rings. The third kappa shape index (κ3) is 1.80. The number of benzene rings is 1. The molecule has 3 nitrogen and oxygen atoms in total. The molecule has 2 rings (SSSR count). The molecule has 0 N–H and O–H groups in total. The highest BCUT2D eigenvalue weighted by Crippen LogP contribution is 2.20. The van der Waals surface area contributed by atoms with Gasteiger partial charge in [-0.15, -0.1) is 0 Å². The topological polar surface area (TPSA) is 41.6 Å². The molecule has 0 aliphatic carbocycles. The second kappa shape index (κ2) is 4.38. The number of rotatable bonds is 2. The van der Waals surface area contributed by atoms with Gasteiger partial charge in [-0.1, -0.05) is 18.5 Å². The molecule has 0 amide bonds. The molecule has 0 atom stereocenters. The third-order valence-corrected chi connectivity index (χ3v) is 2.61. The van der Waals surface area contributed by atoms with Crippen molar-refractivity contribution in [1.29, 1.82) is 5.26 Å². The van der Waals surface area contributed by atoms with Crippen molar-refractivity contribution in [2.24, 2.45) is 0 Å².